The van der Waals surface area contributed by atoms with E-state index in [-0.39, 0.29) is 185 Å². The zero-order valence-corrected chi connectivity index (χ0v) is 85.4. The third kappa shape index (κ3) is 30.5. The molecular formula is C95H141CoN21O26P-. The monoisotopic (exact) mass is 2080 g/mol. The summed E-state index contributed by atoms with van der Waals surface area (Å²) >= 11 is 0. The Morgan fingerprint density at radius 2 is 1.21 bits per heavy atom. The number of aliphatic hydroxyl groups excluding tert-OH is 1. The molecule has 22 N–H and O–H groups in total. The summed E-state index contributed by atoms with van der Waals surface area (Å²) in [6, 6.07) is 6.57. The Morgan fingerprint density at radius 1 is 0.667 bits per heavy atom. The number of carboxylic acid groups (broad SMARTS) is 3. The van der Waals surface area contributed by atoms with Crippen LogP contribution in [0.2, 0.25) is 0 Å². The molecule has 49 heteroatoms. The van der Waals surface area contributed by atoms with E-state index in [1.807, 2.05) is 64.7 Å². The van der Waals surface area contributed by atoms with E-state index in [1.54, 1.807) is 48.5 Å². The summed E-state index contributed by atoms with van der Waals surface area (Å²) < 4.78 is 55.8. The predicted octanol–water partition coefficient (Wildman–Crippen LogP) is 2.35. The van der Waals surface area contributed by atoms with Crippen molar-refractivity contribution in [1.29, 1.82) is 5.26 Å². The van der Waals surface area contributed by atoms with E-state index in [9.17, 15) is 92.5 Å². The number of nitrogens with two attached hydrogens (primary N) is 6. The zero-order chi connectivity index (χ0) is 106. The predicted molar refractivity (Wildman–Crippen MR) is 520 cm³/mol. The first kappa shape index (κ1) is 118. The molecule has 8 heterocycles. The topological polar surface area (TPSA) is 719 Å². The normalized spacial score (nSPS) is 27.1. The minimum Gasteiger partial charge on any atom is -0.756 e. The van der Waals surface area contributed by atoms with Gasteiger partial charge in [-0.15, -0.1) is 0 Å². The number of rotatable bonds is 49. The fraction of sp³-hybridized carbons (Fsp3) is 0.632. The van der Waals surface area contributed by atoms with E-state index in [2.05, 4.69) is 38.1 Å². The molecule has 0 aliphatic carbocycles. The van der Waals surface area contributed by atoms with Crippen molar-refractivity contribution >= 4 is 113 Å². The standard InChI is InChI=1S/C94H141N20O26P.CHN.Co/c1-53-38-65-66(39-54(53)2)114(52-104-65)87-82(129)83(68(138-87)51-137-89(131)102-23-13-33-135-35-37-136-36-34-134-32-12-22-101-88(130)105-59-14-17-67(115)58(40-59)47-110-24-26-111(48-77(123)124)28-30-113(50-79(127)128)31-29-112(27-25-110)49-78(125)126)140-141(132,133)139-55(3)46-103-76(122)20-21-91(8)63(42-73(98)119)86-94(11)93(10,45-75(100)121)62(41-72(97)118)81(109-94)57(5)85-92(9,44-74(99)120)60(15-18-70(95)116)64(106-85)43-69-90(6,7)61(16-19-71(96)117)80(107-69)56(4)84(91)108-86;1-2;/h14,17,38-40,43,52,55,60-63,68,82-83,86-87,106,115,129H,12-13,15-16,18-37,41-42,44-51H2,1-11H3,(H2,95,116)(H2,96,117)(H2,97,118)(H2,98,119)(H2,99,120)(H2,100,121)(H,102,131)(H,103,122)(H,123,124)(H,125,126)(H,127,128)(H,132,133)(H2,101,105,130);1H;/p-1/b64-43-,80-56-,85-57-;;/t55?,60-,61-,62-,63+,68?,82?,83?,86?,87?,91-,92+,93+,94+;;/m1../s1. The molecule has 0 spiro atoms. The second-order valence-corrected chi connectivity index (χ2v) is 40.4. The van der Waals surface area contributed by atoms with E-state index in [0.717, 1.165) is 11.1 Å². The number of phosphoric ester groups is 1. The van der Waals surface area contributed by atoms with Crippen molar-refractivity contribution in [3.63, 3.8) is 0 Å². The maximum Gasteiger partial charge on any atom is 0.407 e. The molecule has 3 saturated heterocycles. The number of phosphoric acid groups is 1. The van der Waals surface area contributed by atoms with Crippen LogP contribution in [0, 0.1) is 71.0 Å². The van der Waals surface area contributed by atoms with Crippen LogP contribution in [0.5, 0.6) is 5.75 Å². The first-order valence-electron chi connectivity index (χ1n) is 47.8. The molecule has 0 saturated carbocycles. The number of imidazole rings is 1. The third-order valence-electron chi connectivity index (χ3n) is 28.5. The Labute approximate surface area is 846 Å². The number of hydrogen-bond acceptors (Lipinski definition) is 33. The Kier molecular flexibility index (Phi) is 42.7. The summed E-state index contributed by atoms with van der Waals surface area (Å²) in [5, 5.41) is 72.8. The number of aromatic hydroxyl groups is 1. The fourth-order valence-electron chi connectivity index (χ4n) is 20.7. The van der Waals surface area contributed by atoms with Gasteiger partial charge in [0, 0.05) is 251 Å². The average Bonchev–Trinajstić information content (AvgIpc) is 1.52. The van der Waals surface area contributed by atoms with Crippen LogP contribution < -0.4 is 65.9 Å². The molecule has 797 valence electrons. The van der Waals surface area contributed by atoms with E-state index < -0.39 is 193 Å². The maximum atomic E-state index is 14.7. The number of amides is 10. The Bertz CT molecular complexity index is 5410. The summed E-state index contributed by atoms with van der Waals surface area (Å²) in [6.45, 7) is 25.3. The number of urea groups is 1. The van der Waals surface area contributed by atoms with Gasteiger partial charge in [-0.25, -0.2) is 19.8 Å². The third-order valence-corrected chi connectivity index (χ3v) is 29.6. The van der Waals surface area contributed by atoms with Gasteiger partial charge in [-0.2, -0.15) is 0 Å². The number of aliphatic imine (C=N–C) groups is 3. The smallest absolute Gasteiger partial charge is 0.407 e. The van der Waals surface area contributed by atoms with Gasteiger partial charge >= 0.3 is 30.0 Å². The molecular weight excluding hydrogens is 1940 g/mol. The van der Waals surface area contributed by atoms with Crippen LogP contribution in [-0.4, -0.2) is 317 Å². The summed E-state index contributed by atoms with van der Waals surface area (Å²) in [4.78, 5) is 199. The first-order chi connectivity index (χ1) is 67.4. The molecule has 10 rings (SSSR count). The maximum absolute atomic E-state index is 14.7. The largest absolute Gasteiger partial charge is 0.756 e. The SMILES string of the molecule is C#N.C/C1=C2N=C(/C=C3\N/C(=C(/C)C4=N[C@@](C)(C5N=C1[C@](C)(CCC(=O)NCC(C)OP(=O)([O-])OC1C(COC(=O)NCCCOCCOCCOCCCNC(=O)Nc6ccc(O)c(CN7CCN(CC(=O)O)CCN(CC(=O)O)CCN(CC(=O)O)CC7)c6)OC(n6cnc7cc(C)c(C)cc76)C1O)[C@H]5CC(N)=O)[C@@](C)(CC(N)=O)[C@@H]4CC(N)=O)[C@@](C)(CC(N)=O)[C@@H]3CCC(N)=O)C(C)(C)[C@@H]/2CCC(N)=O.[Co]. The quantitative estimate of drug-likeness (QED) is 0.0219. The second kappa shape index (κ2) is 52.2. The molecule has 3 aromatic rings. The number of ether oxygens (including phenoxy) is 5. The van der Waals surface area contributed by atoms with Crippen molar-refractivity contribution in [3.05, 3.63) is 87.7 Å². The van der Waals surface area contributed by atoms with Gasteiger partial charge in [0.25, 0.3) is 7.82 Å². The number of fused-ring (bicyclic) bond motifs is 7. The second-order valence-electron chi connectivity index (χ2n) is 39.1. The summed E-state index contributed by atoms with van der Waals surface area (Å²) in [5.41, 5.74) is 37.2. The Morgan fingerprint density at radius 3 is 1.76 bits per heavy atom. The number of aromatic nitrogens is 2. The molecule has 144 heavy (non-hydrogen) atoms. The van der Waals surface area contributed by atoms with Crippen molar-refractivity contribution in [3.8, 4) is 12.3 Å². The Balaban J connectivity index is 0.00000839. The van der Waals surface area contributed by atoms with Gasteiger partial charge < -0.3 is 129 Å². The van der Waals surface area contributed by atoms with Crippen LogP contribution >= 0.6 is 7.82 Å². The number of aliphatic hydroxyl groups is 1. The molecule has 8 bridgehead atoms. The van der Waals surface area contributed by atoms with Crippen LogP contribution in [0.15, 0.2) is 85.9 Å². The van der Waals surface area contributed by atoms with Crippen molar-refractivity contribution < 1.29 is 142 Å². The number of primary amides is 6. The number of hydrogen-bond donors (Lipinski definition) is 16. The van der Waals surface area contributed by atoms with Gasteiger partial charge in [-0.05, 0) is 132 Å². The van der Waals surface area contributed by atoms with Crippen molar-refractivity contribution in [1.82, 2.24) is 50.4 Å². The zero-order valence-electron chi connectivity index (χ0n) is 83.5. The number of carbonyl (C=O) groups excluding carboxylic acids is 9. The molecule has 7 aliphatic rings. The van der Waals surface area contributed by atoms with Crippen LogP contribution in [-0.2, 0) is 109 Å². The number of phenolic OH excluding ortho intramolecular Hbond substituents is 1. The molecule has 10 amide bonds. The number of benzene rings is 2. The van der Waals surface area contributed by atoms with E-state index in [0.29, 0.717) is 100 Å². The molecule has 7 aliphatic heterocycles. The molecule has 1 radical (unpaired) electrons. The van der Waals surface area contributed by atoms with Gasteiger partial charge in [0.05, 0.1) is 81.1 Å². The minimum absolute atomic E-state index is 0. The number of anilines is 1. The van der Waals surface area contributed by atoms with Crippen LogP contribution in [0.25, 0.3) is 11.0 Å². The molecule has 15 atom stereocenters. The van der Waals surface area contributed by atoms with Crippen LogP contribution in [0.3, 0.4) is 0 Å². The van der Waals surface area contributed by atoms with Crippen molar-refractivity contribution in [2.45, 2.75) is 202 Å². The summed E-state index contributed by atoms with van der Waals surface area (Å²) in [6.07, 6.45) is -6.37. The Hall–Kier alpha value is -11.3. The van der Waals surface area contributed by atoms with Gasteiger partial charge in [0.1, 0.15) is 30.7 Å². The molecule has 2 aromatic carbocycles. The molecule has 3 fully saturated rings. The van der Waals surface area contributed by atoms with E-state index >= 15 is 0 Å². The number of nitrogens with one attached hydrogen (secondary N) is 5. The molecule has 1 aromatic heterocycles. The van der Waals surface area contributed by atoms with Crippen LogP contribution in [0.1, 0.15) is 162 Å². The van der Waals surface area contributed by atoms with Crippen molar-refractivity contribution in [2.24, 2.45) is 94.7 Å². The number of phenols is 1. The van der Waals surface area contributed by atoms with E-state index in [1.165, 1.54) is 30.0 Å². The minimum atomic E-state index is -5.54. The van der Waals surface area contributed by atoms with Gasteiger partial charge in [-0.1, -0.05) is 34.6 Å². The van der Waals surface area contributed by atoms with Gasteiger partial charge in [0.15, 0.2) is 6.23 Å². The van der Waals surface area contributed by atoms with Gasteiger partial charge in [-0.3, -0.25) is 87.1 Å². The fourth-order valence-corrected chi connectivity index (χ4v) is 21.8. The molecule has 47 nitrogen and oxygen atoms in total. The first-order valence-corrected chi connectivity index (χ1v) is 49.2. The number of aliphatic carboxylic acids is 3. The number of allylic oxidation sites excluding steroid dienone is 6. The number of carboxylic acids is 3. The number of alkyl carbamates (subject to hydrolysis) is 1. The van der Waals surface area contributed by atoms with Gasteiger partial charge in [0.2, 0.25) is 41.4 Å². The number of carbonyl (C=O) groups is 12. The summed E-state index contributed by atoms with van der Waals surface area (Å²) in [7, 11) is -5.54. The number of nitrogens with zero attached hydrogens (tertiary/aromatic N) is 10. The van der Waals surface area contributed by atoms with E-state index in [4.69, 9.17) is 87.4 Å². The number of aryl methyl sites for hydroxylation is 2. The molecule has 7 unspecified atom stereocenters. The average molecular weight is 2080 g/mol. The summed E-state index contributed by atoms with van der Waals surface area (Å²) in [5.74, 6) is -11.3. The van der Waals surface area contributed by atoms with Crippen LogP contribution in [0.4, 0.5) is 15.3 Å². The van der Waals surface area contributed by atoms with Crippen molar-refractivity contribution in [2.75, 3.05) is 143 Å². The number of nitriles is 1.